The van der Waals surface area contributed by atoms with Gasteiger partial charge in [-0.2, -0.15) is 5.10 Å². The number of rotatable bonds is 5. The Morgan fingerprint density at radius 2 is 1.95 bits per heavy atom. The van der Waals surface area contributed by atoms with Gasteiger partial charge in [-0.3, -0.25) is 4.68 Å². The van der Waals surface area contributed by atoms with Crippen LogP contribution >= 0.6 is 0 Å². The fraction of sp³-hybridized carbons (Fsp3) is 0.471. The van der Waals surface area contributed by atoms with Crippen LogP contribution in [0, 0.1) is 0 Å². The maximum atomic E-state index is 10.4. The fourth-order valence-electron chi connectivity index (χ4n) is 3.15. The second-order valence-electron chi connectivity index (χ2n) is 6.08. The van der Waals surface area contributed by atoms with E-state index in [0.717, 1.165) is 43.5 Å². The molecule has 0 spiro atoms. The number of aliphatic hydroxyl groups is 1. The first-order chi connectivity index (χ1) is 10.2. The Morgan fingerprint density at radius 3 is 2.67 bits per heavy atom. The largest absolute Gasteiger partial charge is 0.389 e. The summed E-state index contributed by atoms with van der Waals surface area (Å²) in [5, 5.41) is 18.3. The summed E-state index contributed by atoms with van der Waals surface area (Å²) < 4.78 is 1.85. The standard InChI is InChI=1S/C17H23N3O/c1-20-12-15(11-18-13-17(21)9-5-6-10-17)16(19-20)14-7-3-2-4-8-14/h2-4,7-8,12,18,21H,5-6,9-11,13H2,1H3. The highest BCUT2D eigenvalue weighted by Gasteiger charge is 2.30. The van der Waals surface area contributed by atoms with E-state index in [4.69, 9.17) is 0 Å². The molecule has 0 atom stereocenters. The zero-order chi connectivity index (χ0) is 14.7. The summed E-state index contributed by atoms with van der Waals surface area (Å²) in [6.45, 7) is 1.40. The van der Waals surface area contributed by atoms with Crippen LogP contribution < -0.4 is 5.32 Å². The van der Waals surface area contributed by atoms with Crippen molar-refractivity contribution < 1.29 is 5.11 Å². The molecule has 112 valence electrons. The quantitative estimate of drug-likeness (QED) is 0.887. The third-order valence-electron chi connectivity index (χ3n) is 4.26. The summed E-state index contributed by atoms with van der Waals surface area (Å²) in [5.74, 6) is 0. The molecular formula is C17H23N3O. The Balaban J connectivity index is 1.68. The minimum absolute atomic E-state index is 0.505. The van der Waals surface area contributed by atoms with Gasteiger partial charge < -0.3 is 10.4 Å². The molecule has 1 heterocycles. The van der Waals surface area contributed by atoms with E-state index < -0.39 is 5.60 Å². The molecule has 1 aromatic carbocycles. The van der Waals surface area contributed by atoms with Crippen molar-refractivity contribution in [3.05, 3.63) is 42.1 Å². The lowest BCUT2D eigenvalue weighted by Gasteiger charge is -2.22. The molecule has 1 aromatic heterocycles. The van der Waals surface area contributed by atoms with E-state index in [1.165, 1.54) is 5.56 Å². The van der Waals surface area contributed by atoms with Crippen LogP contribution in [0.5, 0.6) is 0 Å². The van der Waals surface area contributed by atoms with E-state index in [1.807, 2.05) is 36.1 Å². The van der Waals surface area contributed by atoms with Crippen molar-refractivity contribution >= 4 is 0 Å². The normalized spacial score (nSPS) is 17.2. The maximum absolute atomic E-state index is 10.4. The van der Waals surface area contributed by atoms with Crippen molar-refractivity contribution in [3.8, 4) is 11.3 Å². The third kappa shape index (κ3) is 3.34. The van der Waals surface area contributed by atoms with Gasteiger partial charge in [0.05, 0.1) is 11.3 Å². The van der Waals surface area contributed by atoms with Crippen molar-refractivity contribution in [2.45, 2.75) is 37.8 Å². The molecule has 2 aromatic rings. The van der Waals surface area contributed by atoms with Gasteiger partial charge in [-0.1, -0.05) is 43.2 Å². The minimum Gasteiger partial charge on any atom is -0.389 e. The second kappa shape index (κ2) is 6.00. The first kappa shape index (κ1) is 14.3. The molecule has 21 heavy (non-hydrogen) atoms. The van der Waals surface area contributed by atoms with E-state index in [2.05, 4.69) is 22.5 Å². The summed E-state index contributed by atoms with van der Waals surface area (Å²) >= 11 is 0. The van der Waals surface area contributed by atoms with Gasteiger partial charge in [0.25, 0.3) is 0 Å². The lowest BCUT2D eigenvalue weighted by Crippen LogP contribution is -2.37. The van der Waals surface area contributed by atoms with Crippen molar-refractivity contribution in [1.29, 1.82) is 0 Å². The molecule has 0 amide bonds. The Bertz CT molecular complexity index is 585. The molecule has 1 fully saturated rings. The van der Waals surface area contributed by atoms with Crippen LogP contribution in [0.1, 0.15) is 31.2 Å². The van der Waals surface area contributed by atoms with Gasteiger partial charge in [0.2, 0.25) is 0 Å². The van der Waals surface area contributed by atoms with Gasteiger partial charge in [-0.15, -0.1) is 0 Å². The topological polar surface area (TPSA) is 50.1 Å². The Labute approximate surface area is 125 Å². The molecule has 3 rings (SSSR count). The highest BCUT2D eigenvalue weighted by molar-refractivity contribution is 5.62. The van der Waals surface area contributed by atoms with Crippen molar-refractivity contribution in [2.24, 2.45) is 7.05 Å². The smallest absolute Gasteiger partial charge is 0.0967 e. The fourth-order valence-corrected chi connectivity index (χ4v) is 3.15. The molecule has 4 nitrogen and oxygen atoms in total. The summed E-state index contributed by atoms with van der Waals surface area (Å²) in [4.78, 5) is 0. The van der Waals surface area contributed by atoms with Gasteiger partial charge in [-0.25, -0.2) is 0 Å². The number of aryl methyl sites for hydroxylation is 1. The monoisotopic (exact) mass is 285 g/mol. The molecule has 0 aliphatic heterocycles. The molecule has 1 aliphatic carbocycles. The SMILES string of the molecule is Cn1cc(CNCC2(O)CCCC2)c(-c2ccccc2)n1. The van der Waals surface area contributed by atoms with Gasteiger partial charge in [-0.05, 0) is 12.8 Å². The first-order valence-corrected chi connectivity index (χ1v) is 7.67. The number of hydrogen-bond donors (Lipinski definition) is 2. The Hall–Kier alpha value is -1.65. The first-order valence-electron chi connectivity index (χ1n) is 7.67. The highest BCUT2D eigenvalue weighted by Crippen LogP contribution is 2.29. The van der Waals surface area contributed by atoms with Crippen LogP contribution in [0.25, 0.3) is 11.3 Å². The number of hydrogen-bond acceptors (Lipinski definition) is 3. The van der Waals surface area contributed by atoms with Crippen LogP contribution in [0.15, 0.2) is 36.5 Å². The summed E-state index contributed by atoms with van der Waals surface area (Å²) in [7, 11) is 1.94. The van der Waals surface area contributed by atoms with E-state index in [1.54, 1.807) is 0 Å². The number of nitrogens with zero attached hydrogens (tertiary/aromatic N) is 2. The second-order valence-corrected chi connectivity index (χ2v) is 6.08. The van der Waals surface area contributed by atoms with Gasteiger partial charge in [0.15, 0.2) is 0 Å². The van der Waals surface area contributed by atoms with E-state index in [9.17, 15) is 5.11 Å². The zero-order valence-electron chi connectivity index (χ0n) is 12.5. The molecule has 0 radical (unpaired) electrons. The molecule has 4 heteroatoms. The summed E-state index contributed by atoms with van der Waals surface area (Å²) in [5.41, 5.74) is 2.82. The average molecular weight is 285 g/mol. The molecule has 0 unspecified atom stereocenters. The van der Waals surface area contributed by atoms with Crippen LogP contribution in [0.4, 0.5) is 0 Å². The third-order valence-corrected chi connectivity index (χ3v) is 4.26. The predicted octanol–water partition coefficient (Wildman–Crippen LogP) is 2.48. The lowest BCUT2D eigenvalue weighted by atomic mass is 10.0. The van der Waals surface area contributed by atoms with E-state index in [0.29, 0.717) is 6.54 Å². The zero-order valence-corrected chi connectivity index (χ0v) is 12.5. The minimum atomic E-state index is -0.505. The van der Waals surface area contributed by atoms with Crippen LogP contribution in [0.2, 0.25) is 0 Å². The van der Waals surface area contributed by atoms with Crippen LogP contribution in [0.3, 0.4) is 0 Å². The summed E-state index contributed by atoms with van der Waals surface area (Å²) in [6.07, 6.45) is 6.16. The predicted molar refractivity (Wildman–Crippen MR) is 83.8 cm³/mol. The van der Waals surface area contributed by atoms with Crippen molar-refractivity contribution in [3.63, 3.8) is 0 Å². The molecule has 2 N–H and O–H groups in total. The average Bonchev–Trinajstić information content (AvgIpc) is 3.07. The molecule has 0 bridgehead atoms. The van der Waals surface area contributed by atoms with Crippen LogP contribution in [-0.2, 0) is 13.6 Å². The Morgan fingerprint density at radius 1 is 1.24 bits per heavy atom. The van der Waals surface area contributed by atoms with Crippen molar-refractivity contribution in [1.82, 2.24) is 15.1 Å². The van der Waals surface area contributed by atoms with Gasteiger partial charge >= 0.3 is 0 Å². The molecule has 1 aliphatic rings. The van der Waals surface area contributed by atoms with Gasteiger partial charge in [0.1, 0.15) is 0 Å². The van der Waals surface area contributed by atoms with E-state index in [-0.39, 0.29) is 0 Å². The molecule has 0 saturated heterocycles. The lowest BCUT2D eigenvalue weighted by molar-refractivity contribution is 0.0475. The van der Waals surface area contributed by atoms with Crippen molar-refractivity contribution in [2.75, 3.05) is 6.54 Å². The number of benzene rings is 1. The molecular weight excluding hydrogens is 262 g/mol. The number of aromatic nitrogens is 2. The van der Waals surface area contributed by atoms with E-state index >= 15 is 0 Å². The Kier molecular flexibility index (Phi) is 4.08. The highest BCUT2D eigenvalue weighted by atomic mass is 16.3. The number of nitrogens with one attached hydrogen (secondary N) is 1. The summed E-state index contributed by atoms with van der Waals surface area (Å²) in [6, 6.07) is 10.2. The maximum Gasteiger partial charge on any atom is 0.0967 e. The van der Waals surface area contributed by atoms with Crippen LogP contribution in [-0.4, -0.2) is 27.0 Å². The molecule has 1 saturated carbocycles. The van der Waals surface area contributed by atoms with Gasteiger partial charge in [0, 0.05) is 37.5 Å².